The molecule has 3 aromatic rings. The van der Waals surface area contributed by atoms with Crippen LogP contribution in [-0.4, -0.2) is 68.5 Å². The molecule has 13 heteroatoms. The molecule has 11 nitrogen and oxygen atoms in total. The lowest BCUT2D eigenvalue weighted by Crippen LogP contribution is -2.37. The molecule has 1 aromatic heterocycles. The fourth-order valence-corrected chi connectivity index (χ4v) is 7.22. The molecular weight excluding hydrogens is 580 g/mol. The number of sulfonamides is 2. The van der Waals surface area contributed by atoms with Gasteiger partial charge >= 0.3 is 5.97 Å². The molecule has 3 rings (SSSR count). The van der Waals surface area contributed by atoms with Gasteiger partial charge in [-0.15, -0.1) is 0 Å². The molecule has 0 spiro atoms. The molecule has 226 valence electrons. The van der Waals surface area contributed by atoms with Gasteiger partial charge in [0.1, 0.15) is 6.54 Å². The molecule has 3 N–H and O–H groups in total. The van der Waals surface area contributed by atoms with E-state index in [1.807, 2.05) is 48.9 Å². The fraction of sp³-hybridized carbons (Fsp3) is 0.345. The maximum atomic E-state index is 13.9. The second kappa shape index (κ2) is 14.5. The number of hydrogen-bond acceptors (Lipinski definition) is 7. The first-order valence-electron chi connectivity index (χ1n) is 13.4. The largest absolute Gasteiger partial charge is 0.480 e. The maximum Gasteiger partial charge on any atom is 0.318 e. The number of benzene rings is 2. The normalized spacial score (nSPS) is 12.7. The number of aromatic nitrogens is 1. The summed E-state index contributed by atoms with van der Waals surface area (Å²) in [7, 11) is -7.82. The first-order valence-corrected chi connectivity index (χ1v) is 16.5. The van der Waals surface area contributed by atoms with E-state index in [4.69, 9.17) is 5.11 Å². The number of rotatable bonds is 15. The van der Waals surface area contributed by atoms with Gasteiger partial charge in [-0.1, -0.05) is 36.4 Å². The van der Waals surface area contributed by atoms with Crippen molar-refractivity contribution in [2.24, 2.45) is 0 Å². The van der Waals surface area contributed by atoms with Gasteiger partial charge in [0.05, 0.1) is 10.6 Å². The van der Waals surface area contributed by atoms with Gasteiger partial charge in [0.25, 0.3) is 0 Å². The highest BCUT2D eigenvalue weighted by Gasteiger charge is 2.31. The Morgan fingerprint density at radius 2 is 1.74 bits per heavy atom. The van der Waals surface area contributed by atoms with Crippen LogP contribution in [0.1, 0.15) is 42.5 Å². The van der Waals surface area contributed by atoms with E-state index in [0.717, 1.165) is 22.3 Å². The summed E-state index contributed by atoms with van der Waals surface area (Å²) in [6, 6.07) is 15.7. The van der Waals surface area contributed by atoms with Crippen molar-refractivity contribution in [3.63, 3.8) is 0 Å². The summed E-state index contributed by atoms with van der Waals surface area (Å²) in [6.07, 6.45) is 3.63. The minimum Gasteiger partial charge on any atom is -0.480 e. The Balaban J connectivity index is 1.77. The van der Waals surface area contributed by atoms with Crippen molar-refractivity contribution in [2.45, 2.75) is 44.6 Å². The van der Waals surface area contributed by atoms with Crippen molar-refractivity contribution in [1.29, 1.82) is 0 Å². The average Bonchev–Trinajstić information content (AvgIpc) is 2.94. The molecule has 0 radical (unpaired) electrons. The van der Waals surface area contributed by atoms with E-state index in [1.54, 1.807) is 43.6 Å². The number of nitrogens with zero attached hydrogens (tertiary/aromatic N) is 2. The van der Waals surface area contributed by atoms with Crippen LogP contribution < -0.4 is 10.0 Å². The summed E-state index contributed by atoms with van der Waals surface area (Å²) in [5.74, 6) is -2.25. The van der Waals surface area contributed by atoms with Gasteiger partial charge in [-0.2, -0.15) is 4.31 Å². The quantitative estimate of drug-likeness (QED) is 0.235. The molecule has 0 saturated heterocycles. The molecule has 42 heavy (non-hydrogen) atoms. The van der Waals surface area contributed by atoms with E-state index in [0.29, 0.717) is 5.56 Å². The standard InChI is InChI=1S/C29H36N4O7S2/c1-21-8-4-5-11-27(21)42(39,40)33(16-7-12-28(34)31-15-17-41(37,38)32-20-29(35)36)23(3)24-9-6-10-25(18-24)26-13-14-30-19-22(26)2/h4-6,8-11,13-14,18-19,23,32H,7,12,15-17,20H2,1-3H3,(H,31,34)(H,35,36)/t23-/m0/s1. The number of aryl methyl sites for hydroxylation is 2. The Hall–Kier alpha value is -3.65. The Bertz CT molecular complexity index is 1630. The number of aliphatic carboxylic acids is 1. The van der Waals surface area contributed by atoms with Gasteiger partial charge in [0.2, 0.25) is 26.0 Å². The van der Waals surface area contributed by atoms with Gasteiger partial charge in [-0.3, -0.25) is 14.6 Å². The predicted octanol–water partition coefficient (Wildman–Crippen LogP) is 3.02. The molecule has 0 aliphatic heterocycles. The highest BCUT2D eigenvalue weighted by molar-refractivity contribution is 7.89. The van der Waals surface area contributed by atoms with Crippen molar-refractivity contribution in [3.8, 4) is 11.1 Å². The zero-order valence-electron chi connectivity index (χ0n) is 23.8. The second-order valence-electron chi connectivity index (χ2n) is 9.86. The molecule has 1 atom stereocenters. The molecule has 1 heterocycles. The molecule has 0 fully saturated rings. The zero-order chi connectivity index (χ0) is 30.9. The van der Waals surface area contributed by atoms with Gasteiger partial charge in [0, 0.05) is 37.9 Å². The van der Waals surface area contributed by atoms with Gasteiger partial charge < -0.3 is 10.4 Å². The summed E-state index contributed by atoms with van der Waals surface area (Å²) < 4.78 is 54.9. The van der Waals surface area contributed by atoms with Crippen molar-refractivity contribution in [3.05, 3.63) is 83.7 Å². The number of carbonyl (C=O) groups is 2. The van der Waals surface area contributed by atoms with E-state index in [9.17, 15) is 26.4 Å². The minimum absolute atomic E-state index is 0.0363. The van der Waals surface area contributed by atoms with E-state index in [-0.39, 0.29) is 30.8 Å². The van der Waals surface area contributed by atoms with Crippen molar-refractivity contribution in [1.82, 2.24) is 19.3 Å². The predicted molar refractivity (Wildman–Crippen MR) is 160 cm³/mol. The van der Waals surface area contributed by atoms with Crippen LogP contribution in [0, 0.1) is 13.8 Å². The van der Waals surface area contributed by atoms with Crippen LogP contribution in [0.3, 0.4) is 0 Å². The SMILES string of the molecule is Cc1cnccc1-c1cccc([C@H](C)N(CCCC(=O)NCCS(=O)(=O)NCC(=O)O)S(=O)(=O)c2ccccc2C)c1. The molecule has 0 bridgehead atoms. The molecule has 1 amide bonds. The highest BCUT2D eigenvalue weighted by Crippen LogP contribution is 2.32. The van der Waals surface area contributed by atoms with Crippen LogP contribution >= 0.6 is 0 Å². The van der Waals surface area contributed by atoms with Gasteiger partial charge in [-0.05, 0) is 73.2 Å². The third-order valence-electron chi connectivity index (χ3n) is 6.73. The first-order chi connectivity index (χ1) is 19.8. The van der Waals surface area contributed by atoms with E-state index >= 15 is 0 Å². The minimum atomic E-state index is -3.96. The van der Waals surface area contributed by atoms with E-state index in [1.165, 1.54) is 4.31 Å². The first kappa shape index (κ1) is 32.9. The van der Waals surface area contributed by atoms with E-state index < -0.39 is 50.3 Å². The summed E-state index contributed by atoms with van der Waals surface area (Å²) in [5.41, 5.74) is 4.29. The summed E-state index contributed by atoms with van der Waals surface area (Å²) in [6.45, 7) is 4.59. The molecular formula is C29H36N4O7S2. The van der Waals surface area contributed by atoms with Crippen molar-refractivity contribution >= 4 is 31.9 Å². The Morgan fingerprint density at radius 3 is 2.43 bits per heavy atom. The maximum absolute atomic E-state index is 13.9. The van der Waals surface area contributed by atoms with Crippen LogP contribution in [-0.2, 0) is 29.6 Å². The summed E-state index contributed by atoms with van der Waals surface area (Å²) in [4.78, 5) is 27.3. The van der Waals surface area contributed by atoms with Crippen LogP contribution in [0.5, 0.6) is 0 Å². The Labute approximate surface area is 247 Å². The molecule has 0 unspecified atom stereocenters. The van der Waals surface area contributed by atoms with Crippen LogP contribution in [0.4, 0.5) is 0 Å². The molecule has 0 saturated carbocycles. The van der Waals surface area contributed by atoms with Crippen molar-refractivity contribution in [2.75, 3.05) is 25.4 Å². The summed E-state index contributed by atoms with van der Waals surface area (Å²) >= 11 is 0. The fourth-order valence-electron chi connectivity index (χ4n) is 4.48. The molecule has 0 aliphatic carbocycles. The monoisotopic (exact) mass is 616 g/mol. The van der Waals surface area contributed by atoms with Gasteiger partial charge in [0.15, 0.2) is 0 Å². The number of hydrogen-bond donors (Lipinski definition) is 3. The van der Waals surface area contributed by atoms with Crippen LogP contribution in [0.2, 0.25) is 0 Å². The smallest absolute Gasteiger partial charge is 0.318 e. The number of nitrogens with one attached hydrogen (secondary N) is 2. The molecule has 2 aromatic carbocycles. The summed E-state index contributed by atoms with van der Waals surface area (Å²) in [5, 5.41) is 11.1. The zero-order valence-corrected chi connectivity index (χ0v) is 25.4. The third kappa shape index (κ3) is 8.92. The third-order valence-corrected chi connectivity index (χ3v) is 10.2. The average molecular weight is 617 g/mol. The number of pyridine rings is 1. The second-order valence-corrected chi connectivity index (χ2v) is 13.6. The lowest BCUT2D eigenvalue weighted by molar-refractivity contribution is -0.135. The molecule has 0 aliphatic rings. The lowest BCUT2D eigenvalue weighted by Gasteiger charge is -2.29. The number of carboxylic acids is 1. The van der Waals surface area contributed by atoms with Gasteiger partial charge in [-0.25, -0.2) is 21.6 Å². The number of carbonyl (C=O) groups excluding carboxylic acids is 1. The van der Waals surface area contributed by atoms with Crippen molar-refractivity contribution < 1.29 is 31.5 Å². The Kier molecular flexibility index (Phi) is 11.3. The van der Waals surface area contributed by atoms with Crippen LogP contribution in [0.25, 0.3) is 11.1 Å². The lowest BCUT2D eigenvalue weighted by atomic mass is 9.98. The topological polar surface area (TPSA) is 163 Å². The number of carboxylic acid groups (broad SMARTS) is 1. The van der Waals surface area contributed by atoms with E-state index in [2.05, 4.69) is 10.3 Å². The Morgan fingerprint density at radius 1 is 1.00 bits per heavy atom. The highest BCUT2D eigenvalue weighted by atomic mass is 32.2. The van der Waals surface area contributed by atoms with Crippen LogP contribution in [0.15, 0.2) is 71.9 Å². The number of amides is 1.